The minimum Gasteiger partial charge on any atom is -0.466 e. The average molecular weight is 438 g/mol. The summed E-state index contributed by atoms with van der Waals surface area (Å²) >= 11 is 6.01. The minimum atomic E-state index is -0.588. The largest absolute Gasteiger partial charge is 0.466 e. The Morgan fingerprint density at radius 3 is 2.76 bits per heavy atom. The van der Waals surface area contributed by atoms with Crippen LogP contribution in [0.5, 0.6) is 0 Å². The Hall–Kier alpha value is -1.59. The van der Waals surface area contributed by atoms with Gasteiger partial charge in [-0.3, -0.25) is 4.79 Å². The molecule has 2 N–H and O–H groups in total. The summed E-state index contributed by atoms with van der Waals surface area (Å²) in [6.07, 6.45) is 2.33. The Morgan fingerprint density at radius 1 is 1.24 bits per heavy atom. The zero-order valence-corrected chi connectivity index (χ0v) is 18.4. The monoisotopic (exact) mass is 437 g/mol. The number of carbonyl (C=O) groups excluding carboxylic acids is 1. The zero-order chi connectivity index (χ0) is 20.1. The first kappa shape index (κ1) is 23.7. The highest BCUT2D eigenvalue weighted by atomic mass is 35.5. The van der Waals surface area contributed by atoms with Crippen LogP contribution in [0.3, 0.4) is 0 Å². The van der Waals surface area contributed by atoms with E-state index < -0.39 is 6.10 Å². The van der Waals surface area contributed by atoms with Gasteiger partial charge in [-0.2, -0.15) is 0 Å². The number of aliphatic hydroxyl groups excluding tert-OH is 1. The van der Waals surface area contributed by atoms with Crippen molar-refractivity contribution in [1.29, 1.82) is 0 Å². The van der Waals surface area contributed by atoms with E-state index in [-0.39, 0.29) is 24.3 Å². The third-order valence-corrected chi connectivity index (χ3v) is 5.67. The molecule has 29 heavy (non-hydrogen) atoms. The van der Waals surface area contributed by atoms with Crippen LogP contribution in [-0.4, -0.2) is 30.3 Å². The molecule has 2 aromatic rings. The van der Waals surface area contributed by atoms with Gasteiger partial charge in [-0.15, -0.1) is 12.4 Å². The van der Waals surface area contributed by atoms with Crippen molar-refractivity contribution >= 4 is 30.0 Å². The Balaban J connectivity index is 0.00000300. The van der Waals surface area contributed by atoms with E-state index in [9.17, 15) is 9.90 Å². The number of ether oxygens (including phenoxy) is 1. The van der Waals surface area contributed by atoms with Gasteiger partial charge in [0.05, 0.1) is 18.6 Å². The number of carbonyl (C=O) groups is 1. The molecule has 0 fully saturated rings. The van der Waals surface area contributed by atoms with E-state index in [0.29, 0.717) is 24.2 Å². The lowest BCUT2D eigenvalue weighted by Crippen LogP contribution is -2.37. The van der Waals surface area contributed by atoms with Crippen LogP contribution in [0, 0.1) is 0 Å². The maximum Gasteiger partial charge on any atom is 0.313 e. The second kappa shape index (κ2) is 11.0. The molecule has 3 rings (SSSR count). The summed E-state index contributed by atoms with van der Waals surface area (Å²) < 4.78 is 5.15. The molecular formula is C23H29Cl2NO3. The molecule has 0 spiro atoms. The zero-order valence-electron chi connectivity index (χ0n) is 16.9. The van der Waals surface area contributed by atoms with E-state index in [1.54, 1.807) is 12.1 Å². The molecule has 4 nitrogen and oxygen atoms in total. The van der Waals surface area contributed by atoms with E-state index in [4.69, 9.17) is 16.3 Å². The van der Waals surface area contributed by atoms with Crippen LogP contribution in [0.2, 0.25) is 5.02 Å². The van der Waals surface area contributed by atoms with Crippen molar-refractivity contribution in [3.05, 3.63) is 69.7 Å². The highest BCUT2D eigenvalue weighted by molar-refractivity contribution is 6.30. The Morgan fingerprint density at radius 2 is 2.03 bits per heavy atom. The Labute approximate surface area is 184 Å². The number of benzene rings is 2. The molecular weight excluding hydrogens is 409 g/mol. The lowest BCUT2D eigenvalue weighted by atomic mass is 9.85. The van der Waals surface area contributed by atoms with Crippen LogP contribution < -0.4 is 5.32 Å². The van der Waals surface area contributed by atoms with Crippen molar-refractivity contribution < 1.29 is 14.6 Å². The molecule has 2 aromatic carbocycles. The van der Waals surface area contributed by atoms with Gasteiger partial charge < -0.3 is 15.2 Å². The fourth-order valence-electron chi connectivity index (χ4n) is 3.73. The van der Waals surface area contributed by atoms with Gasteiger partial charge in [-0.25, -0.2) is 0 Å². The van der Waals surface area contributed by atoms with Crippen molar-refractivity contribution in [3.8, 4) is 0 Å². The first-order chi connectivity index (χ1) is 13.5. The van der Waals surface area contributed by atoms with Gasteiger partial charge in [0.25, 0.3) is 0 Å². The SMILES string of the molecule is CCOC(=O)C(C)c1ccc2c(c1)CC(NCC(O)c1cccc(Cl)c1)CC2.Cl. The fourth-order valence-corrected chi connectivity index (χ4v) is 3.93. The first-order valence-electron chi connectivity index (χ1n) is 9.93. The van der Waals surface area contributed by atoms with E-state index in [1.807, 2.05) is 32.0 Å². The number of hydrogen-bond donors (Lipinski definition) is 2. The molecule has 0 radical (unpaired) electrons. The molecule has 1 aliphatic carbocycles. The summed E-state index contributed by atoms with van der Waals surface area (Å²) in [6.45, 7) is 4.60. The quantitative estimate of drug-likeness (QED) is 0.620. The summed E-state index contributed by atoms with van der Waals surface area (Å²) in [5.41, 5.74) is 4.43. The van der Waals surface area contributed by atoms with E-state index in [0.717, 1.165) is 30.4 Å². The molecule has 0 saturated heterocycles. The molecule has 158 valence electrons. The van der Waals surface area contributed by atoms with Gasteiger partial charge in [0, 0.05) is 17.6 Å². The number of rotatable bonds is 7. The molecule has 0 saturated carbocycles. The number of fused-ring (bicyclic) bond motifs is 1. The van der Waals surface area contributed by atoms with Crippen LogP contribution in [0.4, 0.5) is 0 Å². The highest BCUT2D eigenvalue weighted by Gasteiger charge is 2.22. The van der Waals surface area contributed by atoms with E-state index >= 15 is 0 Å². The molecule has 0 bridgehead atoms. The molecule has 3 unspecified atom stereocenters. The summed E-state index contributed by atoms with van der Waals surface area (Å²) in [5, 5.41) is 14.5. The van der Waals surface area contributed by atoms with Crippen LogP contribution >= 0.6 is 24.0 Å². The lowest BCUT2D eigenvalue weighted by Gasteiger charge is -2.27. The van der Waals surface area contributed by atoms with Crippen molar-refractivity contribution in [2.24, 2.45) is 0 Å². The predicted octanol–water partition coefficient (Wildman–Crippen LogP) is 4.61. The van der Waals surface area contributed by atoms with Crippen molar-refractivity contribution in [2.45, 2.75) is 51.2 Å². The summed E-state index contributed by atoms with van der Waals surface area (Å²) in [4.78, 5) is 12.0. The normalized spacial score (nSPS) is 17.6. The molecule has 1 aliphatic rings. The number of aliphatic hydroxyl groups is 1. The Kier molecular flexibility index (Phi) is 8.97. The van der Waals surface area contributed by atoms with Crippen LogP contribution in [-0.2, 0) is 22.4 Å². The minimum absolute atomic E-state index is 0. The second-order valence-electron chi connectivity index (χ2n) is 7.42. The van der Waals surface area contributed by atoms with Crippen molar-refractivity contribution in [1.82, 2.24) is 5.32 Å². The Bertz CT molecular complexity index is 828. The van der Waals surface area contributed by atoms with Gasteiger partial charge in [-0.05, 0) is 67.5 Å². The van der Waals surface area contributed by atoms with E-state index in [1.165, 1.54) is 11.1 Å². The van der Waals surface area contributed by atoms with Crippen LogP contribution in [0.15, 0.2) is 42.5 Å². The molecule has 6 heteroatoms. The molecule has 0 amide bonds. The maximum atomic E-state index is 12.0. The predicted molar refractivity (Wildman–Crippen MR) is 119 cm³/mol. The van der Waals surface area contributed by atoms with Crippen molar-refractivity contribution in [2.75, 3.05) is 13.2 Å². The van der Waals surface area contributed by atoms with Gasteiger partial charge >= 0.3 is 5.97 Å². The first-order valence-corrected chi connectivity index (χ1v) is 10.3. The molecule has 0 aromatic heterocycles. The smallest absolute Gasteiger partial charge is 0.313 e. The van der Waals surface area contributed by atoms with Gasteiger partial charge in [-0.1, -0.05) is 41.9 Å². The van der Waals surface area contributed by atoms with Crippen molar-refractivity contribution in [3.63, 3.8) is 0 Å². The number of hydrogen-bond acceptors (Lipinski definition) is 4. The third-order valence-electron chi connectivity index (χ3n) is 5.43. The van der Waals surface area contributed by atoms with E-state index in [2.05, 4.69) is 17.4 Å². The van der Waals surface area contributed by atoms with Gasteiger partial charge in [0.1, 0.15) is 0 Å². The summed E-state index contributed by atoms with van der Waals surface area (Å²) in [6, 6.07) is 14.0. The number of halogens is 2. The number of nitrogens with one attached hydrogen (secondary N) is 1. The second-order valence-corrected chi connectivity index (χ2v) is 7.86. The summed E-state index contributed by atoms with van der Waals surface area (Å²) in [7, 11) is 0. The standard InChI is InChI=1S/C23H28ClNO3.ClH/c1-3-28-23(27)15(2)17-8-7-16-9-10-21(13-19(16)11-17)25-14-22(26)18-5-4-6-20(24)12-18;/h4-8,11-12,15,21-22,25-26H,3,9-10,13-14H2,1-2H3;1H. The number of esters is 1. The fraction of sp³-hybridized carbons (Fsp3) is 0.435. The molecule has 0 aliphatic heterocycles. The lowest BCUT2D eigenvalue weighted by molar-refractivity contribution is -0.144. The summed E-state index contributed by atoms with van der Waals surface area (Å²) in [5.74, 6) is -0.444. The van der Waals surface area contributed by atoms with Crippen LogP contribution in [0.1, 0.15) is 54.5 Å². The van der Waals surface area contributed by atoms with Crippen LogP contribution in [0.25, 0.3) is 0 Å². The average Bonchev–Trinajstić information content (AvgIpc) is 2.71. The molecule has 3 atom stereocenters. The highest BCUT2D eigenvalue weighted by Crippen LogP contribution is 2.27. The van der Waals surface area contributed by atoms with Gasteiger partial charge in [0.15, 0.2) is 0 Å². The topological polar surface area (TPSA) is 58.6 Å². The van der Waals surface area contributed by atoms with Gasteiger partial charge in [0.2, 0.25) is 0 Å². The maximum absolute atomic E-state index is 12.0. The number of aryl methyl sites for hydroxylation is 1. The molecule has 0 heterocycles. The third kappa shape index (κ3) is 6.19.